The normalized spacial score (nSPS) is 12.2. The zero-order valence-electron chi connectivity index (χ0n) is 19.8. The molecule has 0 saturated heterocycles. The number of carbonyl (C=O) groups is 1. The highest BCUT2D eigenvalue weighted by atomic mass is 28.3. The highest BCUT2D eigenvalue weighted by Crippen LogP contribution is 2.31. The smallest absolute Gasteiger partial charge is 0.406 e. The first-order valence-electron chi connectivity index (χ1n) is 11.2. The summed E-state index contributed by atoms with van der Waals surface area (Å²) in [6.45, 7) is 9.61. The van der Waals surface area contributed by atoms with Gasteiger partial charge in [0.25, 0.3) is 0 Å². The summed E-state index contributed by atoms with van der Waals surface area (Å²) in [5.41, 5.74) is 2.27. The summed E-state index contributed by atoms with van der Waals surface area (Å²) >= 11 is 0. The SMILES string of the molecule is CCCC(=O)Nc1nn(COCC[Si](C)(C)C)c2cc(-c3ccc(OC(F)(F)F)cc3)ccc12. The van der Waals surface area contributed by atoms with Crippen molar-refractivity contribution in [2.24, 2.45) is 0 Å². The van der Waals surface area contributed by atoms with E-state index in [-0.39, 0.29) is 18.4 Å². The fourth-order valence-corrected chi connectivity index (χ4v) is 4.10. The molecule has 0 aliphatic carbocycles. The van der Waals surface area contributed by atoms with Gasteiger partial charge >= 0.3 is 6.36 Å². The molecule has 3 aromatic rings. The third-order valence-corrected chi connectivity index (χ3v) is 6.82. The Hall–Kier alpha value is -2.85. The van der Waals surface area contributed by atoms with Crippen LogP contribution in [0.5, 0.6) is 5.75 Å². The number of ether oxygens (including phenoxy) is 2. The molecule has 34 heavy (non-hydrogen) atoms. The van der Waals surface area contributed by atoms with Crippen LogP contribution < -0.4 is 10.1 Å². The third kappa shape index (κ3) is 7.32. The molecular formula is C24H30F3N3O3Si. The Balaban J connectivity index is 1.89. The number of aromatic nitrogens is 2. The summed E-state index contributed by atoms with van der Waals surface area (Å²) in [7, 11) is -1.24. The number of halogens is 3. The van der Waals surface area contributed by atoms with Crippen molar-refractivity contribution >= 4 is 30.7 Å². The van der Waals surface area contributed by atoms with Gasteiger partial charge in [-0.1, -0.05) is 44.8 Å². The highest BCUT2D eigenvalue weighted by Gasteiger charge is 2.31. The summed E-state index contributed by atoms with van der Waals surface area (Å²) in [6.07, 6.45) is -3.62. The molecule has 6 nitrogen and oxygen atoms in total. The van der Waals surface area contributed by atoms with E-state index >= 15 is 0 Å². The fraction of sp³-hybridized carbons (Fsp3) is 0.417. The van der Waals surface area contributed by atoms with Gasteiger partial charge in [0, 0.05) is 26.5 Å². The van der Waals surface area contributed by atoms with Crippen LogP contribution in [0.2, 0.25) is 25.7 Å². The first kappa shape index (κ1) is 25.8. The number of nitrogens with one attached hydrogen (secondary N) is 1. The van der Waals surface area contributed by atoms with Crippen molar-refractivity contribution < 1.29 is 27.4 Å². The molecule has 0 spiro atoms. The van der Waals surface area contributed by atoms with Gasteiger partial charge in [-0.15, -0.1) is 13.2 Å². The lowest BCUT2D eigenvalue weighted by atomic mass is 10.0. The first-order chi connectivity index (χ1) is 15.9. The second-order valence-electron chi connectivity index (χ2n) is 9.30. The summed E-state index contributed by atoms with van der Waals surface area (Å²) in [4.78, 5) is 12.2. The van der Waals surface area contributed by atoms with Crippen molar-refractivity contribution in [1.29, 1.82) is 0 Å². The number of alkyl halides is 3. The molecule has 0 saturated carbocycles. The number of benzene rings is 2. The molecule has 1 aromatic heterocycles. The van der Waals surface area contributed by atoms with Crippen molar-refractivity contribution in [3.63, 3.8) is 0 Å². The number of rotatable bonds is 10. The predicted octanol–water partition coefficient (Wildman–Crippen LogP) is 6.65. The second kappa shape index (κ2) is 10.6. The molecule has 0 radical (unpaired) electrons. The van der Waals surface area contributed by atoms with E-state index in [0.29, 0.717) is 18.8 Å². The number of carbonyl (C=O) groups excluding carboxylic acids is 1. The van der Waals surface area contributed by atoms with Gasteiger partial charge in [0.1, 0.15) is 12.5 Å². The van der Waals surface area contributed by atoms with E-state index in [0.717, 1.165) is 34.5 Å². The number of anilines is 1. The van der Waals surface area contributed by atoms with Crippen molar-refractivity contribution in [3.05, 3.63) is 42.5 Å². The van der Waals surface area contributed by atoms with Crippen LogP contribution in [0.3, 0.4) is 0 Å². The molecule has 1 amide bonds. The number of fused-ring (bicyclic) bond motifs is 1. The quantitative estimate of drug-likeness (QED) is 0.254. The monoisotopic (exact) mass is 493 g/mol. The molecule has 0 aliphatic heterocycles. The molecule has 0 atom stereocenters. The minimum absolute atomic E-state index is 0.113. The third-order valence-electron chi connectivity index (χ3n) is 5.12. The van der Waals surface area contributed by atoms with Gasteiger partial charge in [0.2, 0.25) is 5.91 Å². The zero-order valence-corrected chi connectivity index (χ0v) is 20.8. The van der Waals surface area contributed by atoms with Crippen LogP contribution in [0.25, 0.3) is 22.0 Å². The summed E-state index contributed by atoms with van der Waals surface area (Å²) in [5.74, 6) is 0.0693. The van der Waals surface area contributed by atoms with E-state index in [4.69, 9.17) is 4.74 Å². The van der Waals surface area contributed by atoms with Crippen molar-refractivity contribution in [2.45, 2.75) is 58.5 Å². The molecule has 10 heteroatoms. The average Bonchev–Trinajstić information content (AvgIpc) is 3.07. The standard InChI is InChI=1S/C24H30F3N3O3Si/c1-5-6-22(31)28-23-20-12-9-18(17-7-10-19(11-8-17)33-24(25,26)27)15-21(20)30(29-23)16-32-13-14-34(2,3)4/h7-12,15H,5-6,13-14,16H2,1-4H3,(H,28,29,31). The molecule has 0 aliphatic rings. The largest absolute Gasteiger partial charge is 0.573 e. The van der Waals surface area contributed by atoms with Gasteiger partial charge in [0.05, 0.1) is 5.52 Å². The van der Waals surface area contributed by atoms with Crippen molar-refractivity contribution in [3.8, 4) is 16.9 Å². The van der Waals surface area contributed by atoms with Crippen LogP contribution in [-0.4, -0.2) is 36.7 Å². The first-order valence-corrected chi connectivity index (χ1v) is 14.9. The van der Waals surface area contributed by atoms with Gasteiger partial charge < -0.3 is 14.8 Å². The average molecular weight is 494 g/mol. The van der Waals surface area contributed by atoms with Gasteiger partial charge in [0.15, 0.2) is 5.82 Å². The second-order valence-corrected chi connectivity index (χ2v) is 14.9. The summed E-state index contributed by atoms with van der Waals surface area (Å²) in [6, 6.07) is 12.3. The number of hydrogen-bond acceptors (Lipinski definition) is 4. The Morgan fingerprint density at radius 2 is 1.76 bits per heavy atom. The topological polar surface area (TPSA) is 65.4 Å². The Labute approximate surface area is 198 Å². The number of hydrogen-bond donors (Lipinski definition) is 1. The lowest BCUT2D eigenvalue weighted by molar-refractivity contribution is -0.274. The van der Waals surface area contributed by atoms with E-state index < -0.39 is 14.4 Å². The highest BCUT2D eigenvalue weighted by molar-refractivity contribution is 6.76. The lowest BCUT2D eigenvalue weighted by Gasteiger charge is -2.15. The fourth-order valence-electron chi connectivity index (χ4n) is 3.34. The molecule has 0 fully saturated rings. The van der Waals surface area contributed by atoms with Gasteiger partial charge in [-0.3, -0.25) is 4.79 Å². The molecule has 3 rings (SSSR count). The molecule has 1 heterocycles. The van der Waals surface area contributed by atoms with Gasteiger partial charge in [-0.05, 0) is 47.9 Å². The molecular weight excluding hydrogens is 463 g/mol. The minimum atomic E-state index is -4.74. The maximum Gasteiger partial charge on any atom is 0.573 e. The minimum Gasteiger partial charge on any atom is -0.406 e. The molecule has 1 N–H and O–H groups in total. The van der Waals surface area contributed by atoms with E-state index in [2.05, 4.69) is 34.8 Å². The predicted molar refractivity (Wildman–Crippen MR) is 129 cm³/mol. The van der Waals surface area contributed by atoms with E-state index in [1.54, 1.807) is 16.8 Å². The van der Waals surface area contributed by atoms with Crippen LogP contribution in [0.15, 0.2) is 42.5 Å². The maximum atomic E-state index is 12.4. The number of nitrogens with zero attached hydrogens (tertiary/aromatic N) is 2. The van der Waals surface area contributed by atoms with E-state index in [1.165, 1.54) is 12.1 Å². The Bertz CT molecular complexity index is 1120. The van der Waals surface area contributed by atoms with Crippen LogP contribution in [0.1, 0.15) is 19.8 Å². The summed E-state index contributed by atoms with van der Waals surface area (Å²) < 4.78 is 48.9. The maximum absolute atomic E-state index is 12.4. The van der Waals surface area contributed by atoms with E-state index in [9.17, 15) is 18.0 Å². The van der Waals surface area contributed by atoms with Gasteiger partial charge in [-0.2, -0.15) is 5.10 Å². The molecule has 0 bridgehead atoms. The lowest BCUT2D eigenvalue weighted by Crippen LogP contribution is -2.22. The van der Waals surface area contributed by atoms with Crippen LogP contribution in [-0.2, 0) is 16.3 Å². The van der Waals surface area contributed by atoms with Crippen LogP contribution >= 0.6 is 0 Å². The molecule has 184 valence electrons. The molecule has 2 aromatic carbocycles. The summed E-state index contributed by atoms with van der Waals surface area (Å²) in [5, 5.41) is 8.19. The van der Waals surface area contributed by atoms with Crippen molar-refractivity contribution in [2.75, 3.05) is 11.9 Å². The Morgan fingerprint density at radius 1 is 1.09 bits per heavy atom. The van der Waals surface area contributed by atoms with E-state index in [1.807, 2.05) is 25.1 Å². The van der Waals surface area contributed by atoms with Crippen molar-refractivity contribution in [1.82, 2.24) is 9.78 Å². The number of amides is 1. The van der Waals surface area contributed by atoms with Crippen LogP contribution in [0.4, 0.5) is 19.0 Å². The Kier molecular flexibility index (Phi) is 8.03. The zero-order chi connectivity index (χ0) is 24.9. The Morgan fingerprint density at radius 3 is 2.38 bits per heavy atom. The van der Waals surface area contributed by atoms with Gasteiger partial charge in [-0.25, -0.2) is 4.68 Å². The van der Waals surface area contributed by atoms with Crippen LogP contribution in [0, 0.1) is 0 Å². The molecule has 0 unspecified atom stereocenters.